The Hall–Kier alpha value is -3.85. The molecule has 3 aromatic carbocycles. The second-order valence-corrected chi connectivity index (χ2v) is 12.7. The molecule has 5 aromatic rings. The van der Waals surface area contributed by atoms with Crippen LogP contribution in [0.2, 0.25) is 0 Å². The monoisotopic (exact) mass is 589 g/mol. The van der Waals surface area contributed by atoms with Gasteiger partial charge in [-0.05, 0) is 69.2 Å². The van der Waals surface area contributed by atoms with Crippen molar-refractivity contribution in [3.8, 4) is 11.4 Å². The van der Waals surface area contributed by atoms with Crippen LogP contribution in [0.3, 0.4) is 0 Å². The number of likely N-dealkylation sites (N-methyl/N-ethyl adjacent to an activating group) is 1. The molecule has 0 atom stereocenters. The molecule has 0 bridgehead atoms. The first-order valence-electron chi connectivity index (χ1n) is 16.3. The number of hydrogen-bond donors (Lipinski definition) is 1. The lowest BCUT2D eigenvalue weighted by molar-refractivity contribution is 0.148. The van der Waals surface area contributed by atoms with Gasteiger partial charge in [0.2, 0.25) is 0 Å². The lowest BCUT2D eigenvalue weighted by Crippen LogP contribution is -2.43. The Morgan fingerprint density at radius 2 is 1.52 bits per heavy atom. The average molecular weight is 590 g/mol. The predicted octanol–water partition coefficient (Wildman–Crippen LogP) is 5.15. The fourth-order valence-electron chi connectivity index (χ4n) is 6.76. The van der Waals surface area contributed by atoms with Gasteiger partial charge in [-0.2, -0.15) is 0 Å². The SMILES string of the molecule is CN1CCN(Cc2ccc(-c3nc4cc5[nH]c(=O)c(Cc6ccccc6)nc5cc4n3CCCN3CCCCC3)cc2)CC1. The number of hydrogen-bond acceptors (Lipinski definition) is 6. The van der Waals surface area contributed by atoms with Crippen molar-refractivity contribution in [3.05, 3.63) is 93.9 Å². The summed E-state index contributed by atoms with van der Waals surface area (Å²) < 4.78 is 2.37. The third kappa shape index (κ3) is 6.48. The summed E-state index contributed by atoms with van der Waals surface area (Å²) in [6.45, 7) is 9.86. The van der Waals surface area contributed by atoms with Gasteiger partial charge in [-0.25, -0.2) is 9.97 Å². The van der Waals surface area contributed by atoms with Crippen LogP contribution >= 0.6 is 0 Å². The zero-order valence-corrected chi connectivity index (χ0v) is 25.8. The standard InChI is InChI=1S/C36H43N7O/c1-40-19-21-42(22-20-40)26-28-11-13-29(14-12-28)35-38-32-24-30-31(37-33(36(44)39-30)23-27-9-4-2-5-10-27)25-34(32)43(35)18-8-17-41-15-6-3-7-16-41/h2,4-5,9-14,24-25H,3,6-8,15-23,26H2,1H3,(H,39,44). The maximum atomic E-state index is 13.0. The minimum absolute atomic E-state index is 0.141. The molecule has 0 spiro atoms. The van der Waals surface area contributed by atoms with E-state index in [-0.39, 0.29) is 5.56 Å². The molecule has 4 heterocycles. The normalized spacial score (nSPS) is 17.1. The van der Waals surface area contributed by atoms with Crippen LogP contribution in [-0.4, -0.2) is 87.1 Å². The molecule has 2 fully saturated rings. The van der Waals surface area contributed by atoms with E-state index in [4.69, 9.17) is 9.97 Å². The van der Waals surface area contributed by atoms with E-state index < -0.39 is 0 Å². The molecule has 8 nitrogen and oxygen atoms in total. The minimum atomic E-state index is -0.141. The Labute approximate surface area is 259 Å². The molecule has 2 aliphatic heterocycles. The van der Waals surface area contributed by atoms with Gasteiger partial charge in [-0.1, -0.05) is 61.0 Å². The van der Waals surface area contributed by atoms with Gasteiger partial charge in [0.05, 0.1) is 22.1 Å². The number of aromatic nitrogens is 4. The summed E-state index contributed by atoms with van der Waals surface area (Å²) in [6, 6.07) is 23.1. The number of aryl methyl sites for hydroxylation is 1. The quantitative estimate of drug-likeness (QED) is 0.256. The largest absolute Gasteiger partial charge is 0.324 e. The van der Waals surface area contributed by atoms with Gasteiger partial charge >= 0.3 is 0 Å². The van der Waals surface area contributed by atoms with Crippen LogP contribution in [-0.2, 0) is 19.5 Å². The van der Waals surface area contributed by atoms with Gasteiger partial charge < -0.3 is 19.4 Å². The van der Waals surface area contributed by atoms with Crippen LogP contribution in [0.15, 0.2) is 71.5 Å². The Balaban J connectivity index is 1.21. The molecule has 0 radical (unpaired) electrons. The van der Waals surface area contributed by atoms with Crippen molar-refractivity contribution >= 4 is 22.1 Å². The molecule has 0 saturated carbocycles. The second kappa shape index (κ2) is 13.0. The lowest BCUT2D eigenvalue weighted by atomic mass is 10.1. The van der Waals surface area contributed by atoms with Crippen LogP contribution < -0.4 is 5.56 Å². The summed E-state index contributed by atoms with van der Waals surface area (Å²) in [7, 11) is 2.20. The van der Waals surface area contributed by atoms with E-state index in [0.29, 0.717) is 12.1 Å². The van der Waals surface area contributed by atoms with Crippen molar-refractivity contribution in [2.24, 2.45) is 0 Å². The summed E-state index contributed by atoms with van der Waals surface area (Å²) in [6.07, 6.45) is 5.54. The Bertz CT molecular complexity index is 1760. The fraction of sp³-hybridized carbons (Fsp3) is 0.417. The van der Waals surface area contributed by atoms with Gasteiger partial charge in [0, 0.05) is 51.3 Å². The molecule has 0 unspecified atom stereocenters. The van der Waals surface area contributed by atoms with Crippen LogP contribution in [0.25, 0.3) is 33.5 Å². The highest BCUT2D eigenvalue weighted by Gasteiger charge is 2.18. The highest BCUT2D eigenvalue weighted by atomic mass is 16.1. The molecule has 0 aliphatic carbocycles. The van der Waals surface area contributed by atoms with Gasteiger partial charge in [-0.15, -0.1) is 0 Å². The van der Waals surface area contributed by atoms with E-state index in [1.807, 2.05) is 36.4 Å². The number of benzene rings is 3. The Kier molecular flexibility index (Phi) is 8.55. The van der Waals surface area contributed by atoms with Crippen LogP contribution in [0.5, 0.6) is 0 Å². The highest BCUT2D eigenvalue weighted by molar-refractivity contribution is 5.93. The van der Waals surface area contributed by atoms with E-state index in [1.54, 1.807) is 0 Å². The Morgan fingerprint density at radius 1 is 0.750 bits per heavy atom. The number of H-pyrrole nitrogens is 1. The number of aromatic amines is 1. The third-order valence-corrected chi connectivity index (χ3v) is 9.36. The number of piperidine rings is 1. The van der Waals surface area contributed by atoms with E-state index in [1.165, 1.54) is 37.9 Å². The number of piperazine rings is 1. The number of nitrogens with zero attached hydrogens (tertiary/aromatic N) is 6. The molecule has 8 heteroatoms. The highest BCUT2D eigenvalue weighted by Crippen LogP contribution is 2.28. The van der Waals surface area contributed by atoms with Crippen LogP contribution in [0.4, 0.5) is 0 Å². The summed E-state index contributed by atoms with van der Waals surface area (Å²) in [5.74, 6) is 0.979. The van der Waals surface area contributed by atoms with Crippen molar-refractivity contribution in [2.75, 3.05) is 52.9 Å². The van der Waals surface area contributed by atoms with E-state index in [2.05, 4.69) is 61.6 Å². The van der Waals surface area contributed by atoms with Crippen molar-refractivity contribution in [1.82, 2.24) is 34.2 Å². The zero-order chi connectivity index (χ0) is 29.9. The van der Waals surface area contributed by atoms with Gasteiger partial charge in [0.15, 0.2) is 0 Å². The van der Waals surface area contributed by atoms with Gasteiger partial charge in [-0.3, -0.25) is 9.69 Å². The summed E-state index contributed by atoms with van der Waals surface area (Å²) in [5.41, 5.74) is 7.42. The molecule has 7 rings (SSSR count). The van der Waals surface area contributed by atoms with Crippen molar-refractivity contribution in [2.45, 2.75) is 45.2 Å². The lowest BCUT2D eigenvalue weighted by Gasteiger charge is -2.32. The van der Waals surface area contributed by atoms with Crippen LogP contribution in [0, 0.1) is 0 Å². The number of nitrogens with one attached hydrogen (secondary N) is 1. The fourth-order valence-corrected chi connectivity index (χ4v) is 6.76. The number of rotatable bonds is 9. The predicted molar refractivity (Wildman–Crippen MR) is 178 cm³/mol. The average Bonchev–Trinajstić information content (AvgIpc) is 3.40. The summed E-state index contributed by atoms with van der Waals surface area (Å²) in [4.78, 5) is 33.7. The van der Waals surface area contributed by atoms with Gasteiger partial charge in [0.25, 0.3) is 5.56 Å². The molecule has 2 saturated heterocycles. The number of likely N-dealkylation sites (tertiary alicyclic amines) is 1. The topological polar surface area (TPSA) is 73.3 Å². The molecule has 0 amide bonds. The number of imidazole rings is 1. The summed E-state index contributed by atoms with van der Waals surface area (Å²) in [5, 5.41) is 0. The molecule has 44 heavy (non-hydrogen) atoms. The maximum Gasteiger partial charge on any atom is 0.270 e. The molecule has 1 N–H and O–H groups in total. The first kappa shape index (κ1) is 28.9. The van der Waals surface area contributed by atoms with E-state index in [9.17, 15) is 4.79 Å². The third-order valence-electron chi connectivity index (χ3n) is 9.36. The Morgan fingerprint density at radius 3 is 2.30 bits per heavy atom. The van der Waals surface area contributed by atoms with Crippen molar-refractivity contribution in [3.63, 3.8) is 0 Å². The summed E-state index contributed by atoms with van der Waals surface area (Å²) >= 11 is 0. The van der Waals surface area contributed by atoms with Crippen LogP contribution in [0.1, 0.15) is 42.5 Å². The van der Waals surface area contributed by atoms with Crippen molar-refractivity contribution < 1.29 is 0 Å². The van der Waals surface area contributed by atoms with E-state index in [0.717, 1.165) is 91.3 Å². The molecular weight excluding hydrogens is 546 g/mol. The molecular formula is C36H43N7O. The zero-order valence-electron chi connectivity index (χ0n) is 25.8. The van der Waals surface area contributed by atoms with Gasteiger partial charge in [0.1, 0.15) is 11.5 Å². The minimum Gasteiger partial charge on any atom is -0.324 e. The molecule has 2 aromatic heterocycles. The van der Waals surface area contributed by atoms with Crippen molar-refractivity contribution in [1.29, 1.82) is 0 Å². The smallest absolute Gasteiger partial charge is 0.270 e. The maximum absolute atomic E-state index is 13.0. The first-order valence-corrected chi connectivity index (χ1v) is 16.3. The molecule has 228 valence electrons. The number of fused-ring (bicyclic) bond motifs is 2. The van der Waals surface area contributed by atoms with E-state index >= 15 is 0 Å². The first-order chi connectivity index (χ1) is 21.6. The molecule has 2 aliphatic rings. The second-order valence-electron chi connectivity index (χ2n) is 12.7.